The molecule has 0 aliphatic rings. The standard InChI is InChI=1S/C13H12Cl2N4S/c1-6-3-4-8(14)11(10(6)15)19-13-17-7(2)5-9(18-13)12(16)20/h3-5H,1-2H3,(H2,16,20)(H,17,18,19). The number of halogens is 2. The number of hydrogen-bond acceptors (Lipinski definition) is 4. The first-order chi connectivity index (χ1) is 9.38. The molecule has 0 saturated carbocycles. The Bertz CT molecular complexity index is 688. The molecule has 104 valence electrons. The quantitative estimate of drug-likeness (QED) is 0.840. The maximum atomic E-state index is 6.24. The highest BCUT2D eigenvalue weighted by atomic mass is 35.5. The lowest BCUT2D eigenvalue weighted by Gasteiger charge is -2.12. The van der Waals surface area contributed by atoms with Crippen LogP contribution in [-0.2, 0) is 0 Å². The topological polar surface area (TPSA) is 63.8 Å². The molecule has 0 amide bonds. The zero-order chi connectivity index (χ0) is 14.9. The van der Waals surface area contributed by atoms with Crippen molar-refractivity contribution < 1.29 is 0 Å². The number of aromatic nitrogens is 2. The van der Waals surface area contributed by atoms with Gasteiger partial charge in [0.25, 0.3) is 0 Å². The monoisotopic (exact) mass is 326 g/mol. The summed E-state index contributed by atoms with van der Waals surface area (Å²) in [5, 5.41) is 4.03. The molecule has 0 spiro atoms. The van der Waals surface area contributed by atoms with Gasteiger partial charge >= 0.3 is 0 Å². The zero-order valence-corrected chi connectivity index (χ0v) is 13.2. The minimum Gasteiger partial charge on any atom is -0.388 e. The van der Waals surface area contributed by atoms with Gasteiger partial charge in [-0.05, 0) is 31.5 Å². The van der Waals surface area contributed by atoms with Gasteiger partial charge in [0.1, 0.15) is 10.7 Å². The summed E-state index contributed by atoms with van der Waals surface area (Å²) >= 11 is 17.3. The van der Waals surface area contributed by atoms with Crippen LogP contribution >= 0.6 is 35.4 Å². The molecule has 1 aromatic heterocycles. The molecule has 2 rings (SSSR count). The predicted molar refractivity (Wildman–Crippen MR) is 87.1 cm³/mol. The summed E-state index contributed by atoms with van der Waals surface area (Å²) in [6.45, 7) is 3.72. The molecule has 3 N–H and O–H groups in total. The van der Waals surface area contributed by atoms with Gasteiger partial charge in [-0.25, -0.2) is 9.97 Å². The van der Waals surface area contributed by atoms with Crippen LogP contribution < -0.4 is 11.1 Å². The van der Waals surface area contributed by atoms with E-state index >= 15 is 0 Å². The largest absolute Gasteiger partial charge is 0.388 e. The lowest BCUT2D eigenvalue weighted by Crippen LogP contribution is -2.14. The van der Waals surface area contributed by atoms with E-state index in [1.807, 2.05) is 19.9 Å². The fraction of sp³-hybridized carbons (Fsp3) is 0.154. The first kappa shape index (κ1) is 15.0. The van der Waals surface area contributed by atoms with E-state index in [1.165, 1.54) is 0 Å². The lowest BCUT2D eigenvalue weighted by molar-refractivity contribution is 1.09. The summed E-state index contributed by atoms with van der Waals surface area (Å²) < 4.78 is 0. The summed E-state index contributed by atoms with van der Waals surface area (Å²) in [5.74, 6) is 0.349. The van der Waals surface area contributed by atoms with Crippen LogP contribution in [0.15, 0.2) is 18.2 Å². The molecule has 2 aromatic rings. The Hall–Kier alpha value is -1.43. The van der Waals surface area contributed by atoms with Crippen LogP contribution in [0.1, 0.15) is 17.0 Å². The van der Waals surface area contributed by atoms with Crippen molar-refractivity contribution in [2.24, 2.45) is 5.73 Å². The van der Waals surface area contributed by atoms with E-state index in [2.05, 4.69) is 15.3 Å². The van der Waals surface area contributed by atoms with Crippen LogP contribution in [-0.4, -0.2) is 15.0 Å². The molecule has 0 fully saturated rings. The summed E-state index contributed by atoms with van der Waals surface area (Å²) in [7, 11) is 0. The van der Waals surface area contributed by atoms with Crippen molar-refractivity contribution in [2.75, 3.05) is 5.32 Å². The van der Waals surface area contributed by atoms with Gasteiger partial charge < -0.3 is 11.1 Å². The van der Waals surface area contributed by atoms with Gasteiger partial charge in [0.15, 0.2) is 0 Å². The third-order valence-electron chi connectivity index (χ3n) is 2.63. The van der Waals surface area contributed by atoms with Crippen LogP contribution in [0.4, 0.5) is 11.6 Å². The SMILES string of the molecule is Cc1cc(C(N)=S)nc(Nc2c(Cl)ccc(C)c2Cl)n1. The third kappa shape index (κ3) is 3.17. The summed E-state index contributed by atoms with van der Waals surface area (Å²) in [6.07, 6.45) is 0. The van der Waals surface area contributed by atoms with Crippen molar-refractivity contribution in [3.63, 3.8) is 0 Å². The summed E-state index contributed by atoms with van der Waals surface area (Å²) in [6, 6.07) is 5.32. The van der Waals surface area contributed by atoms with Gasteiger partial charge in [-0.3, -0.25) is 0 Å². The Morgan fingerprint density at radius 2 is 1.95 bits per heavy atom. The third-order valence-corrected chi connectivity index (χ3v) is 3.64. The van der Waals surface area contributed by atoms with Gasteiger partial charge in [-0.1, -0.05) is 41.5 Å². The zero-order valence-electron chi connectivity index (χ0n) is 10.9. The second-order valence-corrected chi connectivity index (χ2v) is 5.49. The van der Waals surface area contributed by atoms with E-state index in [-0.39, 0.29) is 4.99 Å². The molecular formula is C13H12Cl2N4S. The van der Waals surface area contributed by atoms with E-state index in [0.29, 0.717) is 27.4 Å². The van der Waals surface area contributed by atoms with Crippen molar-refractivity contribution in [3.05, 3.63) is 45.2 Å². The first-order valence-corrected chi connectivity index (χ1v) is 6.92. The summed E-state index contributed by atoms with van der Waals surface area (Å²) in [4.78, 5) is 8.71. The van der Waals surface area contributed by atoms with E-state index < -0.39 is 0 Å². The van der Waals surface area contributed by atoms with Crippen LogP contribution in [0, 0.1) is 13.8 Å². The number of hydrogen-bond donors (Lipinski definition) is 2. The maximum Gasteiger partial charge on any atom is 0.228 e. The predicted octanol–water partition coefficient (Wildman–Crippen LogP) is 3.78. The van der Waals surface area contributed by atoms with E-state index in [4.69, 9.17) is 41.2 Å². The van der Waals surface area contributed by atoms with Crippen LogP contribution in [0.3, 0.4) is 0 Å². The molecule has 4 nitrogen and oxygen atoms in total. The number of anilines is 2. The van der Waals surface area contributed by atoms with Crippen LogP contribution in [0.5, 0.6) is 0 Å². The molecule has 0 unspecified atom stereocenters. The van der Waals surface area contributed by atoms with Gasteiger partial charge in [0.05, 0.1) is 15.7 Å². The fourth-order valence-electron chi connectivity index (χ4n) is 1.63. The average molecular weight is 327 g/mol. The Morgan fingerprint density at radius 1 is 1.25 bits per heavy atom. The van der Waals surface area contributed by atoms with E-state index in [1.54, 1.807) is 12.1 Å². The van der Waals surface area contributed by atoms with Gasteiger partial charge in [0, 0.05) is 5.69 Å². The van der Waals surface area contributed by atoms with Gasteiger partial charge in [-0.15, -0.1) is 0 Å². The van der Waals surface area contributed by atoms with Crippen LogP contribution in [0.2, 0.25) is 10.0 Å². The van der Waals surface area contributed by atoms with Crippen molar-refractivity contribution in [1.29, 1.82) is 0 Å². The molecule has 0 radical (unpaired) electrons. The second-order valence-electron chi connectivity index (χ2n) is 4.26. The second kappa shape index (κ2) is 5.91. The Morgan fingerprint density at radius 3 is 2.60 bits per heavy atom. The van der Waals surface area contributed by atoms with Crippen molar-refractivity contribution >= 4 is 52.0 Å². The van der Waals surface area contributed by atoms with Gasteiger partial charge in [-0.2, -0.15) is 0 Å². The molecule has 0 saturated heterocycles. The molecule has 20 heavy (non-hydrogen) atoms. The number of nitrogens with zero attached hydrogens (tertiary/aromatic N) is 2. The Balaban J connectivity index is 2.45. The average Bonchev–Trinajstić information content (AvgIpc) is 2.38. The minimum atomic E-state index is 0.208. The van der Waals surface area contributed by atoms with Crippen LogP contribution in [0.25, 0.3) is 0 Å². The number of aryl methyl sites for hydroxylation is 2. The first-order valence-electron chi connectivity index (χ1n) is 5.75. The van der Waals surface area contributed by atoms with Crippen molar-refractivity contribution in [1.82, 2.24) is 9.97 Å². The fourth-order valence-corrected chi connectivity index (χ4v) is 2.20. The number of benzene rings is 1. The summed E-state index contributed by atoms with van der Waals surface area (Å²) in [5.41, 5.74) is 8.29. The van der Waals surface area contributed by atoms with Crippen molar-refractivity contribution in [2.45, 2.75) is 13.8 Å². The lowest BCUT2D eigenvalue weighted by atomic mass is 10.2. The molecule has 1 aromatic carbocycles. The highest BCUT2D eigenvalue weighted by molar-refractivity contribution is 7.80. The molecule has 1 heterocycles. The molecule has 0 aliphatic carbocycles. The van der Waals surface area contributed by atoms with Gasteiger partial charge in [0.2, 0.25) is 5.95 Å². The molecular weight excluding hydrogens is 315 g/mol. The molecule has 0 bridgehead atoms. The smallest absolute Gasteiger partial charge is 0.228 e. The maximum absolute atomic E-state index is 6.24. The molecule has 0 aliphatic heterocycles. The Labute approximate surface area is 132 Å². The number of nitrogens with two attached hydrogens (primary N) is 1. The normalized spacial score (nSPS) is 10.4. The molecule has 0 atom stereocenters. The van der Waals surface area contributed by atoms with Crippen molar-refractivity contribution in [3.8, 4) is 0 Å². The highest BCUT2D eigenvalue weighted by Gasteiger charge is 2.11. The Kier molecular flexibility index (Phi) is 4.42. The van der Waals surface area contributed by atoms with E-state index in [9.17, 15) is 0 Å². The number of thiocarbonyl (C=S) groups is 1. The minimum absolute atomic E-state index is 0.208. The molecule has 7 heteroatoms. The highest BCUT2D eigenvalue weighted by Crippen LogP contribution is 2.34. The van der Waals surface area contributed by atoms with E-state index in [0.717, 1.165) is 11.3 Å². The number of nitrogens with one attached hydrogen (secondary N) is 1. The number of rotatable bonds is 3.